The molecule has 10 heteroatoms. The monoisotopic (exact) mass is 512 g/mol. The molecule has 9 nitrogen and oxygen atoms in total. The molecule has 0 aromatic heterocycles. The van der Waals surface area contributed by atoms with Gasteiger partial charge in [0.15, 0.2) is 0 Å². The van der Waals surface area contributed by atoms with Gasteiger partial charge in [-0.1, -0.05) is 6.92 Å². The fourth-order valence-electron chi connectivity index (χ4n) is 4.21. The summed E-state index contributed by atoms with van der Waals surface area (Å²) in [7, 11) is 1.63. The molecule has 0 saturated heterocycles. The van der Waals surface area contributed by atoms with E-state index in [4.69, 9.17) is 4.74 Å². The number of likely N-dealkylation sites (N-methyl/N-ethyl adjacent to an activating group) is 1. The lowest BCUT2D eigenvalue weighted by Gasteiger charge is -2.38. The Kier molecular flexibility index (Phi) is 7.97. The van der Waals surface area contributed by atoms with E-state index < -0.39 is 18.0 Å². The molecule has 3 atom stereocenters. The molecule has 1 aliphatic heterocycles. The predicted molar refractivity (Wildman–Crippen MR) is 137 cm³/mol. The van der Waals surface area contributed by atoms with Crippen molar-refractivity contribution in [2.24, 2.45) is 11.8 Å². The van der Waals surface area contributed by atoms with Crippen molar-refractivity contribution in [1.82, 2.24) is 9.80 Å². The Morgan fingerprint density at radius 1 is 1.16 bits per heavy atom. The number of benzene rings is 2. The number of halogens is 1. The minimum absolute atomic E-state index is 0.0155. The third-order valence-electron chi connectivity index (χ3n) is 6.78. The summed E-state index contributed by atoms with van der Waals surface area (Å²) in [5.41, 5.74) is 1.25. The Bertz CT molecular complexity index is 1150. The molecule has 0 unspecified atom stereocenters. The fourth-order valence-corrected chi connectivity index (χ4v) is 4.21. The Morgan fingerprint density at radius 2 is 1.84 bits per heavy atom. The Hall–Kier alpha value is -3.66. The molecular weight excluding hydrogens is 479 g/mol. The van der Waals surface area contributed by atoms with E-state index in [0.29, 0.717) is 23.7 Å². The van der Waals surface area contributed by atoms with Crippen LogP contribution in [0.25, 0.3) is 0 Å². The van der Waals surface area contributed by atoms with Gasteiger partial charge in [0, 0.05) is 36.8 Å². The molecule has 1 aliphatic carbocycles. The molecule has 0 radical (unpaired) electrons. The van der Waals surface area contributed by atoms with Gasteiger partial charge in [0.05, 0.1) is 24.8 Å². The SMILES string of the molecule is C[C@H](CO)N1C[C@H](C)[C@@H](CN(C)C(=O)Nc2ccc(F)cc2)Oc2ccc(NC(=O)C3CC3)cc2C1=O. The van der Waals surface area contributed by atoms with Crippen LogP contribution >= 0.6 is 0 Å². The van der Waals surface area contributed by atoms with E-state index >= 15 is 0 Å². The van der Waals surface area contributed by atoms with Crippen molar-refractivity contribution in [2.45, 2.75) is 38.8 Å². The number of fused-ring (bicyclic) bond motifs is 1. The highest BCUT2D eigenvalue weighted by atomic mass is 19.1. The molecule has 37 heavy (non-hydrogen) atoms. The molecule has 2 aromatic rings. The predicted octanol–water partition coefficient (Wildman–Crippen LogP) is 3.56. The summed E-state index contributed by atoms with van der Waals surface area (Å²) in [5, 5.41) is 15.4. The number of anilines is 2. The van der Waals surface area contributed by atoms with Gasteiger partial charge in [0.1, 0.15) is 17.7 Å². The van der Waals surface area contributed by atoms with E-state index in [-0.39, 0.29) is 48.4 Å². The number of carbonyl (C=O) groups excluding carboxylic acids is 3. The summed E-state index contributed by atoms with van der Waals surface area (Å²) < 4.78 is 19.5. The number of nitrogens with one attached hydrogen (secondary N) is 2. The second kappa shape index (κ2) is 11.2. The number of nitrogens with zero attached hydrogens (tertiary/aromatic N) is 2. The van der Waals surface area contributed by atoms with Crippen LogP contribution in [-0.2, 0) is 4.79 Å². The molecule has 2 aromatic carbocycles. The zero-order valence-electron chi connectivity index (χ0n) is 21.2. The molecule has 198 valence electrons. The van der Waals surface area contributed by atoms with Crippen LogP contribution in [0.15, 0.2) is 42.5 Å². The van der Waals surface area contributed by atoms with E-state index in [1.54, 1.807) is 37.1 Å². The highest BCUT2D eigenvalue weighted by molar-refractivity contribution is 6.00. The molecule has 1 saturated carbocycles. The van der Waals surface area contributed by atoms with Crippen molar-refractivity contribution in [3.63, 3.8) is 0 Å². The summed E-state index contributed by atoms with van der Waals surface area (Å²) in [6.07, 6.45) is 1.25. The lowest BCUT2D eigenvalue weighted by atomic mass is 9.99. The van der Waals surface area contributed by atoms with Gasteiger partial charge < -0.3 is 30.3 Å². The molecular formula is C27H33FN4O5. The van der Waals surface area contributed by atoms with Gasteiger partial charge in [-0.15, -0.1) is 0 Å². The van der Waals surface area contributed by atoms with E-state index in [9.17, 15) is 23.9 Å². The van der Waals surface area contributed by atoms with Gasteiger partial charge in [-0.3, -0.25) is 9.59 Å². The van der Waals surface area contributed by atoms with Gasteiger partial charge in [-0.25, -0.2) is 9.18 Å². The summed E-state index contributed by atoms with van der Waals surface area (Å²) in [6.45, 7) is 4.00. The molecule has 0 spiro atoms. The number of aliphatic hydroxyl groups excluding tert-OH is 1. The number of rotatable bonds is 7. The fraction of sp³-hybridized carbons (Fsp3) is 0.444. The van der Waals surface area contributed by atoms with E-state index in [1.807, 2.05) is 6.92 Å². The maximum absolute atomic E-state index is 13.5. The zero-order chi connectivity index (χ0) is 26.7. The van der Waals surface area contributed by atoms with Crippen LogP contribution in [-0.4, -0.2) is 71.6 Å². The topological polar surface area (TPSA) is 111 Å². The van der Waals surface area contributed by atoms with Gasteiger partial charge in [-0.05, 0) is 62.2 Å². The first-order chi connectivity index (χ1) is 17.7. The Labute approximate surface area is 215 Å². The van der Waals surface area contributed by atoms with Crippen LogP contribution in [0, 0.1) is 17.7 Å². The van der Waals surface area contributed by atoms with Crippen molar-refractivity contribution >= 4 is 29.2 Å². The molecule has 3 N–H and O–H groups in total. The number of ether oxygens (including phenoxy) is 1. The lowest BCUT2D eigenvalue weighted by molar-refractivity contribution is -0.117. The maximum atomic E-state index is 13.5. The van der Waals surface area contributed by atoms with E-state index in [1.165, 1.54) is 29.2 Å². The second-order valence-electron chi connectivity index (χ2n) is 9.91. The molecule has 4 amide bonds. The first-order valence-corrected chi connectivity index (χ1v) is 12.5. The number of hydrogen-bond donors (Lipinski definition) is 3. The first-order valence-electron chi connectivity index (χ1n) is 12.5. The average Bonchev–Trinajstić information content (AvgIpc) is 3.73. The van der Waals surface area contributed by atoms with Crippen LogP contribution in [0.4, 0.5) is 20.6 Å². The van der Waals surface area contributed by atoms with Crippen molar-refractivity contribution < 1.29 is 28.6 Å². The van der Waals surface area contributed by atoms with E-state index in [0.717, 1.165) is 12.8 Å². The summed E-state index contributed by atoms with van der Waals surface area (Å²) in [4.78, 5) is 41.6. The van der Waals surface area contributed by atoms with Crippen LogP contribution in [0.1, 0.15) is 37.0 Å². The number of amides is 4. The standard InChI is InChI=1S/C27H33FN4O5/c1-16-13-32(17(2)15-33)26(35)22-12-21(29-25(34)18-4-5-18)10-11-23(22)37-24(16)14-31(3)27(36)30-20-8-6-19(28)7-9-20/h6-12,16-18,24,33H,4-5,13-15H2,1-3H3,(H,29,34)(H,30,36)/t16-,17+,24+/m0/s1. The van der Waals surface area contributed by atoms with Crippen LogP contribution in [0.5, 0.6) is 5.75 Å². The smallest absolute Gasteiger partial charge is 0.321 e. The molecule has 1 heterocycles. The maximum Gasteiger partial charge on any atom is 0.321 e. The summed E-state index contributed by atoms with van der Waals surface area (Å²) in [5.74, 6) is -0.586. The normalized spacial score (nSPS) is 20.1. The minimum Gasteiger partial charge on any atom is -0.487 e. The summed E-state index contributed by atoms with van der Waals surface area (Å²) in [6, 6.07) is 9.61. The highest BCUT2D eigenvalue weighted by Crippen LogP contribution is 2.33. The van der Waals surface area contributed by atoms with Gasteiger partial charge in [-0.2, -0.15) is 0 Å². The van der Waals surface area contributed by atoms with Crippen molar-refractivity contribution in [2.75, 3.05) is 37.4 Å². The van der Waals surface area contributed by atoms with Gasteiger partial charge in [0.2, 0.25) is 5.91 Å². The molecule has 1 fully saturated rings. The van der Waals surface area contributed by atoms with Crippen molar-refractivity contribution in [1.29, 1.82) is 0 Å². The Balaban J connectivity index is 1.56. The number of urea groups is 1. The van der Waals surface area contributed by atoms with E-state index in [2.05, 4.69) is 10.6 Å². The number of carbonyl (C=O) groups is 3. The second-order valence-corrected chi connectivity index (χ2v) is 9.91. The lowest BCUT2D eigenvalue weighted by Crippen LogP contribution is -2.50. The number of hydrogen-bond acceptors (Lipinski definition) is 5. The minimum atomic E-state index is -0.476. The quantitative estimate of drug-likeness (QED) is 0.525. The van der Waals surface area contributed by atoms with Crippen molar-refractivity contribution in [3.05, 3.63) is 53.8 Å². The largest absolute Gasteiger partial charge is 0.487 e. The zero-order valence-corrected chi connectivity index (χ0v) is 21.2. The first kappa shape index (κ1) is 26.4. The van der Waals surface area contributed by atoms with Gasteiger partial charge in [0.25, 0.3) is 5.91 Å². The van der Waals surface area contributed by atoms with Crippen molar-refractivity contribution in [3.8, 4) is 5.75 Å². The van der Waals surface area contributed by atoms with Crippen LogP contribution < -0.4 is 15.4 Å². The number of aliphatic hydroxyl groups is 1. The van der Waals surface area contributed by atoms with Gasteiger partial charge >= 0.3 is 6.03 Å². The van der Waals surface area contributed by atoms with Crippen LogP contribution in [0.2, 0.25) is 0 Å². The highest BCUT2D eigenvalue weighted by Gasteiger charge is 2.35. The summed E-state index contributed by atoms with van der Waals surface area (Å²) >= 11 is 0. The Morgan fingerprint density at radius 3 is 2.49 bits per heavy atom. The van der Waals surface area contributed by atoms with Crippen LogP contribution in [0.3, 0.4) is 0 Å². The molecule has 0 bridgehead atoms. The molecule has 2 aliphatic rings. The average molecular weight is 513 g/mol. The third-order valence-corrected chi connectivity index (χ3v) is 6.78. The molecule has 4 rings (SSSR count). The third kappa shape index (κ3) is 6.37.